The first-order valence-electron chi connectivity index (χ1n) is 6.34. The van der Waals surface area contributed by atoms with E-state index in [0.29, 0.717) is 0 Å². The maximum Gasteiger partial charge on any atom is 1.00 e. The molecule has 2 aromatic rings. The zero-order valence-electron chi connectivity index (χ0n) is 12.4. The molecule has 1 aromatic carbocycles. The van der Waals surface area contributed by atoms with Crippen molar-refractivity contribution in [2.24, 2.45) is 0 Å². The van der Waals surface area contributed by atoms with E-state index in [1.54, 1.807) is 30.6 Å². The number of hydrogen-bond acceptors (Lipinski definition) is 6. The van der Waals surface area contributed by atoms with Gasteiger partial charge < -0.3 is 19.7 Å². The summed E-state index contributed by atoms with van der Waals surface area (Å²) in [6.45, 7) is -0.631. The minimum absolute atomic E-state index is 0. The van der Waals surface area contributed by atoms with E-state index in [1.165, 1.54) is 24.3 Å². The predicted molar refractivity (Wildman–Crippen MR) is 76.2 cm³/mol. The van der Waals surface area contributed by atoms with Gasteiger partial charge in [0, 0.05) is 18.5 Å². The van der Waals surface area contributed by atoms with Crippen molar-refractivity contribution in [3.05, 3.63) is 59.9 Å². The van der Waals surface area contributed by atoms with Crippen LogP contribution in [0.1, 0.15) is 15.9 Å². The van der Waals surface area contributed by atoms with Crippen LogP contribution in [0.5, 0.6) is 11.5 Å². The molecule has 7 heteroatoms. The molecule has 0 amide bonds. The Hall–Kier alpha value is -2.15. The van der Waals surface area contributed by atoms with E-state index in [9.17, 15) is 19.8 Å². The van der Waals surface area contributed by atoms with Crippen molar-refractivity contribution in [3.63, 3.8) is 0 Å². The number of carboxylic acid groups (broad SMARTS) is 1. The number of nitrogens with zero attached hydrogens (tertiary/aromatic N) is 1. The summed E-state index contributed by atoms with van der Waals surface area (Å²) in [7, 11) is 0. The third-order valence-corrected chi connectivity index (χ3v) is 2.70. The Morgan fingerprint density at radius 3 is 2.70 bits per heavy atom. The van der Waals surface area contributed by atoms with Gasteiger partial charge in [-0.15, -0.1) is 0 Å². The van der Waals surface area contributed by atoms with E-state index in [-0.39, 0.29) is 46.6 Å². The van der Waals surface area contributed by atoms with Crippen LogP contribution in [0, 0.1) is 0 Å². The molecule has 0 radical (unpaired) electrons. The molecule has 0 bridgehead atoms. The Bertz CT molecular complexity index is 716. The topological polar surface area (TPSA) is 99.6 Å². The number of carbonyl (C=O) groups excluding carboxylic acids is 2. The number of phenolic OH excluding ortho intramolecular Hbond substituents is 1. The molecular formula is C16H12NNaO5. The van der Waals surface area contributed by atoms with E-state index in [4.69, 9.17) is 4.74 Å². The molecule has 0 aliphatic heterocycles. The van der Waals surface area contributed by atoms with Crippen molar-refractivity contribution in [2.75, 3.05) is 6.61 Å². The first-order valence-corrected chi connectivity index (χ1v) is 6.34. The molecule has 1 N–H and O–H groups in total. The molecule has 2 rings (SSSR count). The van der Waals surface area contributed by atoms with Crippen LogP contribution in [0.4, 0.5) is 0 Å². The average Bonchev–Trinajstić information content (AvgIpc) is 2.51. The number of carbonyl (C=O) groups is 2. The number of allylic oxidation sites excluding steroid dienone is 1. The molecule has 6 nitrogen and oxygen atoms in total. The summed E-state index contributed by atoms with van der Waals surface area (Å²) in [4.78, 5) is 26.2. The van der Waals surface area contributed by atoms with Gasteiger partial charge in [-0.3, -0.25) is 9.78 Å². The second kappa shape index (κ2) is 9.09. The zero-order chi connectivity index (χ0) is 15.9. The Balaban J connectivity index is 0.00000264. The van der Waals surface area contributed by atoms with Crippen LogP contribution in [-0.4, -0.2) is 28.4 Å². The van der Waals surface area contributed by atoms with E-state index in [0.717, 1.165) is 5.56 Å². The molecule has 0 atom stereocenters. The molecule has 112 valence electrons. The monoisotopic (exact) mass is 321 g/mol. The van der Waals surface area contributed by atoms with Gasteiger partial charge in [0.15, 0.2) is 5.78 Å². The molecule has 1 heterocycles. The van der Waals surface area contributed by atoms with Crippen LogP contribution in [0.25, 0.3) is 6.08 Å². The third kappa shape index (κ3) is 5.86. The third-order valence-electron chi connectivity index (χ3n) is 2.70. The Morgan fingerprint density at radius 1 is 1.30 bits per heavy atom. The summed E-state index contributed by atoms with van der Waals surface area (Å²) >= 11 is 0. The summed E-state index contributed by atoms with van der Waals surface area (Å²) in [6.07, 6.45) is 6.11. The average molecular weight is 321 g/mol. The molecule has 0 saturated heterocycles. The number of pyridine rings is 1. The number of ketones is 1. The number of hydrogen-bond donors (Lipinski definition) is 1. The van der Waals surface area contributed by atoms with Gasteiger partial charge in [-0.25, -0.2) is 0 Å². The Labute approximate surface area is 154 Å². The van der Waals surface area contributed by atoms with E-state index >= 15 is 0 Å². The number of aromatic nitrogens is 1. The molecule has 0 aliphatic rings. The van der Waals surface area contributed by atoms with Crippen molar-refractivity contribution >= 4 is 17.8 Å². The number of rotatable bonds is 6. The minimum Gasteiger partial charge on any atom is -0.546 e. The van der Waals surface area contributed by atoms with Gasteiger partial charge in [0.2, 0.25) is 0 Å². The smallest absolute Gasteiger partial charge is 0.546 e. The predicted octanol–water partition coefficient (Wildman–Crippen LogP) is -2.18. The quantitative estimate of drug-likeness (QED) is 0.369. The maximum absolute atomic E-state index is 12.0. The molecule has 0 fully saturated rings. The fourth-order valence-corrected chi connectivity index (χ4v) is 1.69. The molecular weight excluding hydrogens is 309 g/mol. The van der Waals surface area contributed by atoms with Crippen LogP contribution < -0.4 is 39.4 Å². The number of aromatic hydroxyl groups is 1. The first-order chi connectivity index (χ1) is 10.6. The normalized spacial score (nSPS) is 10.1. The van der Waals surface area contributed by atoms with Crippen molar-refractivity contribution in [2.45, 2.75) is 0 Å². The van der Waals surface area contributed by atoms with Crippen molar-refractivity contribution in [1.82, 2.24) is 4.98 Å². The van der Waals surface area contributed by atoms with E-state index in [2.05, 4.69) is 4.98 Å². The summed E-state index contributed by atoms with van der Waals surface area (Å²) in [5, 5.41) is 20.1. The second-order valence-electron chi connectivity index (χ2n) is 4.32. The number of phenols is 1. The van der Waals surface area contributed by atoms with Gasteiger partial charge in [0.25, 0.3) is 0 Å². The first kappa shape index (κ1) is 18.9. The summed E-state index contributed by atoms with van der Waals surface area (Å²) in [5.41, 5.74) is 0.838. The Morgan fingerprint density at radius 2 is 2.09 bits per heavy atom. The number of ether oxygens (including phenoxy) is 1. The molecule has 1 aromatic heterocycles. The molecule has 0 aliphatic carbocycles. The van der Waals surface area contributed by atoms with Crippen LogP contribution in [0.3, 0.4) is 0 Å². The van der Waals surface area contributed by atoms with Crippen LogP contribution in [0.2, 0.25) is 0 Å². The summed E-state index contributed by atoms with van der Waals surface area (Å²) in [6, 6.07) is 7.45. The van der Waals surface area contributed by atoms with Crippen LogP contribution in [-0.2, 0) is 4.79 Å². The SMILES string of the molecule is O=C([O-])COc1ccc(C(=O)/C=C/c2cccnc2)c(O)c1.[Na+]. The van der Waals surface area contributed by atoms with Crippen LogP contribution >= 0.6 is 0 Å². The molecule has 23 heavy (non-hydrogen) atoms. The van der Waals surface area contributed by atoms with Crippen molar-refractivity contribution in [3.8, 4) is 11.5 Å². The van der Waals surface area contributed by atoms with Gasteiger partial charge in [-0.05, 0) is 35.9 Å². The van der Waals surface area contributed by atoms with Crippen LogP contribution in [0.15, 0.2) is 48.8 Å². The van der Waals surface area contributed by atoms with Gasteiger partial charge >= 0.3 is 29.6 Å². The fourth-order valence-electron chi connectivity index (χ4n) is 1.69. The maximum atomic E-state index is 12.0. The van der Waals surface area contributed by atoms with Gasteiger partial charge in [-0.1, -0.05) is 6.07 Å². The van der Waals surface area contributed by atoms with Crippen molar-refractivity contribution in [1.29, 1.82) is 0 Å². The summed E-state index contributed by atoms with van der Waals surface area (Å²) < 4.78 is 4.85. The molecule has 0 unspecified atom stereocenters. The van der Waals surface area contributed by atoms with Gasteiger partial charge in [0.1, 0.15) is 18.1 Å². The van der Waals surface area contributed by atoms with Crippen molar-refractivity contribution < 1.29 is 54.1 Å². The molecule has 0 saturated carbocycles. The summed E-state index contributed by atoms with van der Waals surface area (Å²) in [5.74, 6) is -1.93. The number of benzene rings is 1. The standard InChI is InChI=1S/C16H13NO5.Na/c18-14(6-3-11-2-1-7-17-9-11)13-5-4-12(8-15(13)19)22-10-16(20)21;/h1-9,19H,10H2,(H,20,21);/q;+1/p-1/b6-3+;. The van der Waals surface area contributed by atoms with E-state index < -0.39 is 18.4 Å². The largest absolute Gasteiger partial charge is 1.00 e. The van der Waals surface area contributed by atoms with E-state index in [1.807, 2.05) is 0 Å². The fraction of sp³-hybridized carbons (Fsp3) is 0.0625. The second-order valence-corrected chi connectivity index (χ2v) is 4.32. The van der Waals surface area contributed by atoms with Gasteiger partial charge in [0.05, 0.1) is 11.5 Å². The molecule has 0 spiro atoms. The minimum atomic E-state index is -1.38. The van der Waals surface area contributed by atoms with Gasteiger partial charge in [-0.2, -0.15) is 0 Å². The number of aliphatic carboxylic acids is 1. The Kier molecular flexibility index (Phi) is 7.47. The number of carboxylic acids is 1. The zero-order valence-corrected chi connectivity index (χ0v) is 14.4.